The fourth-order valence-corrected chi connectivity index (χ4v) is 15.7. The van der Waals surface area contributed by atoms with Gasteiger partial charge in [0.15, 0.2) is 0 Å². The van der Waals surface area contributed by atoms with Crippen LogP contribution in [0.4, 0.5) is 0 Å². The number of carbonyl (C=O) groups excluding carboxylic acids is 15. The Morgan fingerprint density at radius 1 is 0.465 bits per heavy atom. The fourth-order valence-electron chi connectivity index (χ4n) is 14.8. The third-order valence-corrected chi connectivity index (χ3v) is 22.9. The highest BCUT2D eigenvalue weighted by molar-refractivity contribution is 8.00. The van der Waals surface area contributed by atoms with Gasteiger partial charge in [-0.25, -0.2) is 0 Å². The van der Waals surface area contributed by atoms with E-state index in [-0.39, 0.29) is 81.0 Å². The highest BCUT2D eigenvalue weighted by atomic mass is 32.2. The number of carbonyl (C=O) groups is 16. The predicted octanol–water partition coefficient (Wildman–Crippen LogP) is 2.37. The average molecular weight is 1800 g/mol. The van der Waals surface area contributed by atoms with E-state index in [2.05, 4.69) is 58.2 Å². The van der Waals surface area contributed by atoms with Gasteiger partial charge in [-0.05, 0) is 101 Å². The van der Waals surface area contributed by atoms with Crippen molar-refractivity contribution >= 4 is 117 Å². The second kappa shape index (κ2) is 49.4. The molecule has 36 heteroatoms. The van der Waals surface area contributed by atoms with E-state index in [1.807, 2.05) is 6.92 Å². The van der Waals surface area contributed by atoms with E-state index in [1.54, 1.807) is 149 Å². The molecule has 1 saturated heterocycles. The number of unbranched alkanes of at least 4 members (excludes halogenated alkanes) is 1. The summed E-state index contributed by atoms with van der Waals surface area (Å²) < 4.78 is 0. The summed E-state index contributed by atoms with van der Waals surface area (Å²) >= 11 is 0.826. The lowest BCUT2D eigenvalue weighted by Gasteiger charge is -2.34. The number of phenolic OH excluding ortho intramolecular Hbond substituents is 2. The van der Waals surface area contributed by atoms with Crippen LogP contribution >= 0.6 is 11.8 Å². The van der Waals surface area contributed by atoms with E-state index < -0.39 is 199 Å². The maximum absolute atomic E-state index is 15.4. The van der Waals surface area contributed by atoms with Crippen LogP contribution in [0.15, 0.2) is 170 Å². The Hall–Kier alpha value is -13.7. The number of aromatic nitrogens is 1. The number of aromatic amines is 1. The molecule has 8 rings (SSSR count). The summed E-state index contributed by atoms with van der Waals surface area (Å²) in [7, 11) is 5.15. The van der Waals surface area contributed by atoms with Gasteiger partial charge in [0.1, 0.15) is 78.0 Å². The number of hydrogen-bond acceptors (Lipinski definition) is 19. The highest BCUT2D eigenvalue weighted by Gasteiger charge is 2.41. The number of primary amides is 1. The molecule has 0 bridgehead atoms. The number of amides is 15. The number of likely N-dealkylation sites (N-methyl/N-ethyl adjacent to an activating group) is 4. The number of phenols is 2. The average Bonchev–Trinajstić information content (AvgIpc) is 1.81. The van der Waals surface area contributed by atoms with Crippen LogP contribution in [-0.2, 0) is 115 Å². The zero-order valence-electron chi connectivity index (χ0n) is 73.8. The van der Waals surface area contributed by atoms with Crippen LogP contribution in [0.1, 0.15) is 107 Å². The summed E-state index contributed by atoms with van der Waals surface area (Å²) in [6.45, 7) is 6.17. The Balaban J connectivity index is 1.20. The molecule has 1 fully saturated rings. The SMILES string of the molecule is CCCC[C@@H]1NC(=O)[C@H](Cc2ccccc2)N(C)C(=O)[C@H](Cc2ccccc2)NC(=O)CSC[C@@H](C(=O)NCC(N)=O)NC(=O)[C@H](CC(C)C)NC(=O)[C@H](Cc2ccc(O)cc2)NC(=O)[C@H](Cc2c[nH]c3ccccc23)NC(=O)CN(C)C(=O)[C@H](Cc2ccc(O)cc2)NC(=O)[C@H](CCc2ccccc2)N(C)C(=O)[C@H](C(C)C)NC(=O)[C@H](CC(=O)O)NC(=O)CN(C)C1=O. The molecular weight excluding hydrogens is 1680 g/mol. The van der Waals surface area contributed by atoms with Crippen molar-refractivity contribution in [3.8, 4) is 11.5 Å². The summed E-state index contributed by atoms with van der Waals surface area (Å²) in [5.74, 6) is -17.5. The quantitative estimate of drug-likeness (QED) is 0.0413. The molecule has 7 aromatic rings. The lowest BCUT2D eigenvalue weighted by atomic mass is 9.98. The molecule has 0 spiro atoms. The molecule has 0 unspecified atom stereocenters. The van der Waals surface area contributed by atoms with Crippen LogP contribution in [0.3, 0.4) is 0 Å². The smallest absolute Gasteiger partial charge is 0.305 e. The number of thioether (sulfide) groups is 1. The van der Waals surface area contributed by atoms with Crippen molar-refractivity contribution in [1.29, 1.82) is 0 Å². The van der Waals surface area contributed by atoms with Gasteiger partial charge in [0.25, 0.3) is 0 Å². The monoisotopic (exact) mass is 1790 g/mol. The van der Waals surface area contributed by atoms with Gasteiger partial charge < -0.3 is 98.8 Å². The molecule has 0 saturated carbocycles. The summed E-state index contributed by atoms with van der Waals surface area (Å²) in [5, 5.41) is 58.4. The molecule has 6 aromatic carbocycles. The minimum atomic E-state index is -1.90. The molecule has 0 aliphatic carbocycles. The first-order chi connectivity index (χ1) is 61.4. The van der Waals surface area contributed by atoms with Crippen molar-refractivity contribution in [3.63, 3.8) is 0 Å². The first kappa shape index (κ1) is 101. The van der Waals surface area contributed by atoms with Gasteiger partial charge in [-0.1, -0.05) is 181 Å². The molecular formula is C93H118N16O19S. The number of aliphatic carboxylic acids is 1. The third kappa shape index (κ3) is 31.4. The van der Waals surface area contributed by atoms with Crippen molar-refractivity contribution in [2.75, 3.05) is 59.3 Å². The molecule has 129 heavy (non-hydrogen) atoms. The Morgan fingerprint density at radius 3 is 1.47 bits per heavy atom. The van der Waals surface area contributed by atoms with Gasteiger partial charge in [-0.3, -0.25) is 76.7 Å². The number of fused-ring (bicyclic) bond motifs is 1. The van der Waals surface area contributed by atoms with Crippen LogP contribution in [-0.4, -0.2) is 260 Å². The zero-order chi connectivity index (χ0) is 94.1. The van der Waals surface area contributed by atoms with Gasteiger partial charge in [-0.2, -0.15) is 0 Å². The van der Waals surface area contributed by atoms with Crippen LogP contribution in [0.5, 0.6) is 11.5 Å². The molecule has 690 valence electrons. The molecule has 2 heterocycles. The van der Waals surface area contributed by atoms with Crippen LogP contribution in [0.25, 0.3) is 10.9 Å². The van der Waals surface area contributed by atoms with Crippen LogP contribution in [0.2, 0.25) is 0 Å². The first-order valence-electron chi connectivity index (χ1n) is 42.8. The number of benzene rings is 6. The number of rotatable bonds is 24. The molecule has 0 radical (unpaired) electrons. The van der Waals surface area contributed by atoms with Crippen molar-refractivity contribution < 1.29 is 92.0 Å². The fraction of sp³-hybridized carbons (Fsp3) is 0.419. The summed E-state index contributed by atoms with van der Waals surface area (Å²) in [4.78, 5) is 241. The molecule has 1 aliphatic rings. The normalized spacial score (nSPS) is 21.8. The van der Waals surface area contributed by atoms with E-state index in [1.165, 1.54) is 76.7 Å². The number of nitrogens with zero attached hydrogens (tertiary/aromatic N) is 4. The molecule has 15 amide bonds. The molecule has 1 aromatic heterocycles. The Kier molecular flexibility index (Phi) is 38.6. The number of carboxylic acids is 1. The lowest BCUT2D eigenvalue weighted by molar-refractivity contribution is -0.145. The van der Waals surface area contributed by atoms with E-state index in [4.69, 9.17) is 5.73 Å². The second-order valence-electron chi connectivity index (χ2n) is 33.0. The summed E-state index contributed by atoms with van der Waals surface area (Å²) in [5.41, 5.74) is 9.31. The van der Waals surface area contributed by atoms with Gasteiger partial charge in [0, 0.05) is 83.1 Å². The number of aryl methyl sites for hydroxylation is 1. The highest BCUT2D eigenvalue weighted by Crippen LogP contribution is 2.24. The minimum absolute atomic E-state index is 0.00650. The number of carboxylic acid groups (broad SMARTS) is 1. The number of H-pyrrole nitrogens is 1. The predicted molar refractivity (Wildman–Crippen MR) is 482 cm³/mol. The van der Waals surface area contributed by atoms with Gasteiger partial charge in [0.2, 0.25) is 88.6 Å². The van der Waals surface area contributed by atoms with Crippen molar-refractivity contribution in [1.82, 2.24) is 77.8 Å². The zero-order valence-corrected chi connectivity index (χ0v) is 74.7. The van der Waals surface area contributed by atoms with E-state index in [0.29, 0.717) is 51.6 Å². The molecule has 1 aliphatic heterocycles. The largest absolute Gasteiger partial charge is 0.508 e. The number of hydrogen-bond donors (Lipinski definition) is 15. The molecule has 35 nitrogen and oxygen atoms in total. The van der Waals surface area contributed by atoms with Gasteiger partial charge in [0.05, 0.1) is 31.8 Å². The van der Waals surface area contributed by atoms with E-state index >= 15 is 33.6 Å². The number of nitrogens with one attached hydrogen (secondary N) is 11. The van der Waals surface area contributed by atoms with Crippen LogP contribution < -0.4 is 58.9 Å². The van der Waals surface area contributed by atoms with Crippen molar-refractivity contribution in [2.24, 2.45) is 17.6 Å². The Bertz CT molecular complexity index is 5050. The Labute approximate surface area is 753 Å². The second-order valence-corrected chi connectivity index (χ2v) is 34.0. The molecule has 11 atom stereocenters. The topological polar surface area (TPSA) is 509 Å². The Morgan fingerprint density at radius 2 is 0.915 bits per heavy atom. The standard InChI is InChI=1S/C93H118N16O19S/c1-10-11-30-67-90(125)106(6)51-79(114)98-71(48-81(116)117)87(122)105-82(56(4)5)93(128)108(8)75(41-36-57-23-15-12-16-24-57)88(123)103-72(45-61-34-39-64(111)40-35-61)91(126)107(7)52-78(113)97-70(47-62-49-95-66-31-22-21-29-65(62)66)86(121)102-69(43-60-32-37-63(110)38-33-60)85(120)101-68(42-55(2)3)84(119)104-74(83(118)96-50-77(94)112)53-129-54-80(115)99-73(44-58-25-17-13-18-26-58)92(127)109(9)76(89(124)100-67)46-59-27-19-14-20-28-59/h12-29,31-35,37-40,49,55-56,67-76,82,95,110-111H,10-11,30,36,41-48,50-54H2,1-9H3,(H2,94,112)(H,96,118)(H,97,113)(H,98,114)(H,99,115)(H,100,124)(H,101,120)(H,102,121)(H,103,123)(H,104,119)(H,105,122)(H,116,117)/t67-,68-,69-,70-,71-,72-,73-,74-,75-,76-,82-/m0/s1. The molecule has 16 N–H and O–H groups in total. The first-order valence-corrected chi connectivity index (χ1v) is 43.9. The van der Waals surface area contributed by atoms with Gasteiger partial charge in [-0.15, -0.1) is 11.8 Å². The van der Waals surface area contributed by atoms with E-state index in [0.717, 1.165) is 36.9 Å². The van der Waals surface area contributed by atoms with E-state index in [9.17, 15) is 58.5 Å². The van der Waals surface area contributed by atoms with Crippen molar-refractivity contribution in [3.05, 3.63) is 203 Å². The van der Waals surface area contributed by atoms with Gasteiger partial charge >= 0.3 is 5.97 Å². The number of para-hydroxylation sites is 1. The van der Waals surface area contributed by atoms with Crippen molar-refractivity contribution in [2.45, 2.75) is 178 Å². The summed E-state index contributed by atoms with van der Waals surface area (Å²) in [6, 6.07) is 27.6. The number of nitrogens with two attached hydrogens (primary N) is 1. The maximum atomic E-state index is 15.4. The maximum Gasteiger partial charge on any atom is 0.305 e. The lowest BCUT2D eigenvalue weighted by Crippen LogP contribution is -2.61. The minimum Gasteiger partial charge on any atom is -0.508 e. The van der Waals surface area contributed by atoms with Crippen LogP contribution in [0, 0.1) is 11.8 Å². The third-order valence-electron chi connectivity index (χ3n) is 21.9. The number of aromatic hydroxyl groups is 2. The summed E-state index contributed by atoms with van der Waals surface area (Å²) in [6.07, 6.45) is 0.306.